The Morgan fingerprint density at radius 2 is 2.31 bits per heavy atom. The van der Waals surface area contributed by atoms with Gasteiger partial charge < -0.3 is 10.2 Å². The molecule has 0 aromatic carbocycles. The molecule has 92 valence electrons. The lowest BCUT2D eigenvalue weighted by molar-refractivity contribution is 0.172. The van der Waals surface area contributed by atoms with Crippen LogP contribution in [0, 0.1) is 18.3 Å². The molecule has 0 bridgehead atoms. The second-order valence-corrected chi connectivity index (χ2v) is 5.13. The first kappa shape index (κ1) is 13.5. The van der Waals surface area contributed by atoms with E-state index in [4.69, 9.17) is 6.42 Å². The molecule has 1 aliphatic heterocycles. The van der Waals surface area contributed by atoms with Gasteiger partial charge in [-0.2, -0.15) is 0 Å². The van der Waals surface area contributed by atoms with E-state index in [1.165, 1.54) is 25.9 Å². The summed E-state index contributed by atoms with van der Waals surface area (Å²) in [6, 6.07) is 1.08. The molecule has 1 rings (SSSR count). The van der Waals surface area contributed by atoms with E-state index in [0.29, 0.717) is 12.1 Å². The molecular formula is C14H26N2. The zero-order valence-electron chi connectivity index (χ0n) is 11.0. The highest BCUT2D eigenvalue weighted by Crippen LogP contribution is 2.19. The van der Waals surface area contributed by atoms with Crippen molar-refractivity contribution < 1.29 is 0 Å². The Morgan fingerprint density at radius 3 is 2.88 bits per heavy atom. The number of hydrogen-bond donors (Lipinski definition) is 1. The maximum Gasteiger partial charge on any atom is 0.0240 e. The molecule has 1 fully saturated rings. The minimum atomic E-state index is 0.493. The fourth-order valence-corrected chi connectivity index (χ4v) is 2.59. The van der Waals surface area contributed by atoms with Gasteiger partial charge in [0.05, 0.1) is 0 Å². The van der Waals surface area contributed by atoms with Gasteiger partial charge in [-0.25, -0.2) is 0 Å². The van der Waals surface area contributed by atoms with Gasteiger partial charge in [0.2, 0.25) is 0 Å². The summed E-state index contributed by atoms with van der Waals surface area (Å²) in [5.41, 5.74) is 0. The minimum Gasteiger partial charge on any atom is -0.310 e. The van der Waals surface area contributed by atoms with Crippen molar-refractivity contribution in [2.24, 2.45) is 5.92 Å². The van der Waals surface area contributed by atoms with Gasteiger partial charge in [0.25, 0.3) is 0 Å². The largest absolute Gasteiger partial charge is 0.310 e. The zero-order chi connectivity index (χ0) is 12.0. The highest BCUT2D eigenvalue weighted by Gasteiger charge is 2.23. The average Bonchev–Trinajstić information content (AvgIpc) is 2.28. The fourth-order valence-electron chi connectivity index (χ4n) is 2.59. The van der Waals surface area contributed by atoms with Crippen molar-refractivity contribution in [2.45, 2.75) is 51.6 Å². The van der Waals surface area contributed by atoms with Gasteiger partial charge >= 0.3 is 0 Å². The average molecular weight is 222 g/mol. The van der Waals surface area contributed by atoms with Crippen LogP contribution in [-0.2, 0) is 0 Å². The van der Waals surface area contributed by atoms with Crippen LogP contribution in [0.15, 0.2) is 0 Å². The monoisotopic (exact) mass is 222 g/mol. The summed E-state index contributed by atoms with van der Waals surface area (Å²) < 4.78 is 0. The molecule has 1 saturated heterocycles. The third kappa shape index (κ3) is 4.15. The Hall–Kier alpha value is -0.520. The van der Waals surface area contributed by atoms with Crippen LogP contribution in [0.4, 0.5) is 0 Å². The lowest BCUT2D eigenvalue weighted by atomic mass is 9.91. The molecule has 1 aliphatic rings. The maximum absolute atomic E-state index is 5.38. The molecule has 3 unspecified atom stereocenters. The standard InChI is InChI=1S/C14H26N2/c1-5-8-14(6-2)15-12(3)13-9-7-10-16(4)11-13/h1,12-15H,6-11H2,2-4H3. The molecule has 0 amide bonds. The number of piperidine rings is 1. The van der Waals surface area contributed by atoms with E-state index in [1.54, 1.807) is 0 Å². The molecule has 0 radical (unpaired) electrons. The van der Waals surface area contributed by atoms with Crippen molar-refractivity contribution in [2.75, 3.05) is 20.1 Å². The van der Waals surface area contributed by atoms with E-state index in [9.17, 15) is 0 Å². The lowest BCUT2D eigenvalue weighted by Crippen LogP contribution is -2.46. The molecule has 0 spiro atoms. The van der Waals surface area contributed by atoms with Gasteiger partial charge in [-0.3, -0.25) is 0 Å². The van der Waals surface area contributed by atoms with Crippen LogP contribution in [0.25, 0.3) is 0 Å². The predicted molar refractivity (Wildman–Crippen MR) is 70.3 cm³/mol. The van der Waals surface area contributed by atoms with Crippen molar-refractivity contribution in [1.29, 1.82) is 0 Å². The van der Waals surface area contributed by atoms with Gasteiger partial charge in [-0.05, 0) is 45.7 Å². The van der Waals surface area contributed by atoms with Crippen LogP contribution >= 0.6 is 0 Å². The number of terminal acetylenes is 1. The van der Waals surface area contributed by atoms with Crippen LogP contribution in [0.2, 0.25) is 0 Å². The summed E-state index contributed by atoms with van der Waals surface area (Å²) in [7, 11) is 2.22. The quantitative estimate of drug-likeness (QED) is 0.717. The number of hydrogen-bond acceptors (Lipinski definition) is 2. The normalized spacial score (nSPS) is 26.0. The Morgan fingerprint density at radius 1 is 1.56 bits per heavy atom. The van der Waals surface area contributed by atoms with E-state index in [2.05, 4.69) is 37.0 Å². The minimum absolute atomic E-state index is 0.493. The molecule has 16 heavy (non-hydrogen) atoms. The summed E-state index contributed by atoms with van der Waals surface area (Å²) in [5.74, 6) is 3.55. The molecule has 0 aliphatic carbocycles. The molecule has 1 heterocycles. The van der Waals surface area contributed by atoms with Gasteiger partial charge in [0.15, 0.2) is 0 Å². The van der Waals surface area contributed by atoms with E-state index in [-0.39, 0.29) is 0 Å². The van der Waals surface area contributed by atoms with Gasteiger partial charge in [-0.1, -0.05) is 6.92 Å². The highest BCUT2D eigenvalue weighted by atomic mass is 15.1. The number of nitrogens with one attached hydrogen (secondary N) is 1. The first-order valence-electron chi connectivity index (χ1n) is 6.55. The van der Waals surface area contributed by atoms with Crippen LogP contribution < -0.4 is 5.32 Å². The second kappa shape index (κ2) is 6.93. The van der Waals surface area contributed by atoms with Crippen molar-refractivity contribution in [3.05, 3.63) is 0 Å². The lowest BCUT2D eigenvalue weighted by Gasteiger charge is -2.35. The summed E-state index contributed by atoms with van der Waals surface area (Å²) in [6.45, 7) is 6.99. The van der Waals surface area contributed by atoms with Crippen LogP contribution in [0.5, 0.6) is 0 Å². The first-order chi connectivity index (χ1) is 7.67. The van der Waals surface area contributed by atoms with Crippen molar-refractivity contribution >= 4 is 0 Å². The summed E-state index contributed by atoms with van der Waals surface area (Å²) in [4.78, 5) is 2.44. The molecule has 1 N–H and O–H groups in total. The molecule has 0 saturated carbocycles. The van der Waals surface area contributed by atoms with Crippen LogP contribution in [0.1, 0.15) is 39.5 Å². The molecule has 0 aromatic rings. The van der Waals surface area contributed by atoms with Crippen molar-refractivity contribution in [3.63, 3.8) is 0 Å². The zero-order valence-corrected chi connectivity index (χ0v) is 11.0. The topological polar surface area (TPSA) is 15.3 Å². The first-order valence-corrected chi connectivity index (χ1v) is 6.55. The molecule has 2 nitrogen and oxygen atoms in total. The van der Waals surface area contributed by atoms with Crippen LogP contribution in [-0.4, -0.2) is 37.1 Å². The summed E-state index contributed by atoms with van der Waals surface area (Å²) in [6.07, 6.45) is 10.0. The van der Waals surface area contributed by atoms with Crippen molar-refractivity contribution in [1.82, 2.24) is 10.2 Å². The van der Waals surface area contributed by atoms with E-state index < -0.39 is 0 Å². The molecule has 0 aromatic heterocycles. The van der Waals surface area contributed by atoms with Gasteiger partial charge in [-0.15, -0.1) is 12.3 Å². The Balaban J connectivity index is 2.38. The Labute approximate surface area is 101 Å². The van der Waals surface area contributed by atoms with Crippen LogP contribution in [0.3, 0.4) is 0 Å². The van der Waals surface area contributed by atoms with E-state index in [1.807, 2.05) is 0 Å². The third-order valence-electron chi connectivity index (χ3n) is 3.72. The van der Waals surface area contributed by atoms with E-state index in [0.717, 1.165) is 18.8 Å². The summed E-state index contributed by atoms with van der Waals surface area (Å²) >= 11 is 0. The predicted octanol–water partition coefficient (Wildman–Crippen LogP) is 2.11. The third-order valence-corrected chi connectivity index (χ3v) is 3.72. The fraction of sp³-hybridized carbons (Fsp3) is 0.857. The number of likely N-dealkylation sites (tertiary alicyclic amines) is 1. The number of nitrogens with zero attached hydrogens (tertiary/aromatic N) is 1. The second-order valence-electron chi connectivity index (χ2n) is 5.13. The highest BCUT2D eigenvalue weighted by molar-refractivity contribution is 4.91. The summed E-state index contributed by atoms with van der Waals surface area (Å²) in [5, 5.41) is 3.69. The molecule has 3 atom stereocenters. The van der Waals surface area contributed by atoms with Gasteiger partial charge in [0, 0.05) is 25.0 Å². The number of rotatable bonds is 5. The van der Waals surface area contributed by atoms with E-state index >= 15 is 0 Å². The van der Waals surface area contributed by atoms with Crippen molar-refractivity contribution in [3.8, 4) is 12.3 Å². The Kier molecular flexibility index (Phi) is 5.87. The molecular weight excluding hydrogens is 196 g/mol. The molecule has 2 heteroatoms. The van der Waals surface area contributed by atoms with Gasteiger partial charge in [0.1, 0.15) is 0 Å². The Bertz CT molecular complexity index is 231. The maximum atomic E-state index is 5.38. The smallest absolute Gasteiger partial charge is 0.0240 e. The SMILES string of the molecule is C#CCC(CC)NC(C)C1CCCN(C)C1.